The number of aliphatic hydroxyl groups is 1. The predicted molar refractivity (Wildman–Crippen MR) is 111 cm³/mol. The normalized spacial score (nSPS) is 23.0. The van der Waals surface area contributed by atoms with E-state index in [0.717, 1.165) is 25.0 Å². The fourth-order valence-electron chi connectivity index (χ4n) is 3.86. The number of aliphatic hydroxyl groups excluding tert-OH is 1. The summed E-state index contributed by atoms with van der Waals surface area (Å²) in [4.78, 5) is 0. The minimum Gasteiger partial charge on any atom is -0.494 e. The molecule has 3 heteroatoms. The fourth-order valence-corrected chi connectivity index (χ4v) is 5.49. The maximum Gasteiger partial charge on any atom is 0.119 e. The molecular weight excluding hydrogens is 340 g/mol. The molecule has 26 heavy (non-hydrogen) atoms. The average Bonchev–Trinajstić information content (AvgIpc) is 2.58. The van der Waals surface area contributed by atoms with Crippen LogP contribution in [0.15, 0.2) is 36.4 Å². The Bertz CT molecular complexity index is 729. The van der Waals surface area contributed by atoms with Gasteiger partial charge in [-0.1, -0.05) is 31.2 Å². The summed E-state index contributed by atoms with van der Waals surface area (Å²) in [5.41, 5.74) is 6.76. The van der Waals surface area contributed by atoms with E-state index in [-0.39, 0.29) is 6.10 Å². The molecule has 0 amide bonds. The molecule has 0 radical (unpaired) electrons. The highest BCUT2D eigenvalue weighted by atomic mass is 32.2. The van der Waals surface area contributed by atoms with Gasteiger partial charge in [-0.3, -0.25) is 0 Å². The van der Waals surface area contributed by atoms with E-state index in [1.807, 2.05) is 18.7 Å². The van der Waals surface area contributed by atoms with Crippen LogP contribution < -0.4 is 4.74 Å². The summed E-state index contributed by atoms with van der Waals surface area (Å²) in [6, 6.07) is 13.1. The highest BCUT2D eigenvalue weighted by Crippen LogP contribution is 2.44. The molecule has 0 bridgehead atoms. The number of thioether (sulfide) groups is 1. The van der Waals surface area contributed by atoms with E-state index in [9.17, 15) is 5.11 Å². The third kappa shape index (κ3) is 4.63. The van der Waals surface area contributed by atoms with Crippen molar-refractivity contribution in [3.05, 3.63) is 64.2 Å². The lowest BCUT2D eigenvalue weighted by Crippen LogP contribution is -2.23. The van der Waals surface area contributed by atoms with Gasteiger partial charge in [0.15, 0.2) is 0 Å². The summed E-state index contributed by atoms with van der Waals surface area (Å²) in [7, 11) is 0. The zero-order valence-corrected chi connectivity index (χ0v) is 17.1. The van der Waals surface area contributed by atoms with Gasteiger partial charge in [-0.2, -0.15) is 11.8 Å². The third-order valence-corrected chi connectivity index (χ3v) is 6.62. The lowest BCUT2D eigenvalue weighted by Gasteiger charge is -2.31. The molecule has 2 nitrogen and oxygen atoms in total. The highest BCUT2D eigenvalue weighted by molar-refractivity contribution is 8.00. The van der Waals surface area contributed by atoms with Crippen LogP contribution in [0.4, 0.5) is 0 Å². The van der Waals surface area contributed by atoms with Crippen LogP contribution in [0.25, 0.3) is 0 Å². The molecule has 3 rings (SSSR count). The van der Waals surface area contributed by atoms with Gasteiger partial charge >= 0.3 is 0 Å². The summed E-state index contributed by atoms with van der Waals surface area (Å²) in [5.74, 6) is 0.930. The lowest BCUT2D eigenvalue weighted by molar-refractivity contribution is 0.149. The van der Waals surface area contributed by atoms with Gasteiger partial charge < -0.3 is 9.84 Å². The molecule has 1 fully saturated rings. The van der Waals surface area contributed by atoms with Crippen molar-refractivity contribution in [1.29, 1.82) is 0 Å². The smallest absolute Gasteiger partial charge is 0.119 e. The Morgan fingerprint density at radius 1 is 1.08 bits per heavy atom. The highest BCUT2D eigenvalue weighted by Gasteiger charge is 2.28. The summed E-state index contributed by atoms with van der Waals surface area (Å²) >= 11 is 2.01. The standard InChI is InChI=1S/C23H30O2S/c1-5-25-21-8-6-18(7-9-21)12-19-13-22(16(3)10-15(19)2)23-14-20(24)11-17(4)26-23/h6-10,13,17,20,23-24H,5,11-12,14H2,1-4H3. The Morgan fingerprint density at radius 2 is 1.81 bits per heavy atom. The zero-order valence-electron chi connectivity index (χ0n) is 16.3. The van der Waals surface area contributed by atoms with Gasteiger partial charge in [0, 0.05) is 10.5 Å². The molecular formula is C23H30O2S. The number of ether oxygens (including phenoxy) is 1. The van der Waals surface area contributed by atoms with Crippen molar-refractivity contribution >= 4 is 11.8 Å². The number of hydrogen-bond donors (Lipinski definition) is 1. The van der Waals surface area contributed by atoms with Crippen LogP contribution in [0.1, 0.15) is 59.8 Å². The molecule has 3 unspecified atom stereocenters. The molecule has 2 aromatic carbocycles. The molecule has 3 atom stereocenters. The maximum absolute atomic E-state index is 10.2. The second-order valence-corrected chi connectivity index (χ2v) is 9.10. The molecule has 1 saturated heterocycles. The van der Waals surface area contributed by atoms with Gasteiger partial charge in [0.05, 0.1) is 12.7 Å². The van der Waals surface area contributed by atoms with Gasteiger partial charge in [0.2, 0.25) is 0 Å². The first-order chi connectivity index (χ1) is 12.5. The van der Waals surface area contributed by atoms with Crippen LogP contribution in [0.2, 0.25) is 0 Å². The number of benzene rings is 2. The van der Waals surface area contributed by atoms with E-state index in [1.54, 1.807) is 0 Å². The van der Waals surface area contributed by atoms with E-state index in [4.69, 9.17) is 4.74 Å². The van der Waals surface area contributed by atoms with Crippen LogP contribution in [0.5, 0.6) is 5.75 Å². The Hall–Kier alpha value is -1.45. The molecule has 0 aliphatic carbocycles. The van der Waals surface area contributed by atoms with Crippen LogP contribution in [0.3, 0.4) is 0 Å². The Labute approximate surface area is 162 Å². The lowest BCUT2D eigenvalue weighted by atomic mass is 9.92. The Balaban J connectivity index is 1.83. The Morgan fingerprint density at radius 3 is 2.46 bits per heavy atom. The molecule has 1 heterocycles. The number of rotatable bonds is 5. The van der Waals surface area contributed by atoms with Crippen molar-refractivity contribution < 1.29 is 9.84 Å². The molecule has 140 valence electrons. The van der Waals surface area contributed by atoms with E-state index < -0.39 is 0 Å². The second-order valence-electron chi connectivity index (χ2n) is 7.45. The van der Waals surface area contributed by atoms with Gasteiger partial charge in [-0.25, -0.2) is 0 Å². The monoisotopic (exact) mass is 370 g/mol. The first-order valence-corrected chi connectivity index (χ1v) is 10.6. The van der Waals surface area contributed by atoms with Gasteiger partial charge in [-0.15, -0.1) is 0 Å². The molecule has 1 aliphatic rings. The van der Waals surface area contributed by atoms with Crippen molar-refractivity contribution in [2.75, 3.05) is 6.61 Å². The Kier molecular flexibility index (Phi) is 6.31. The van der Waals surface area contributed by atoms with Crippen LogP contribution in [-0.2, 0) is 6.42 Å². The molecule has 0 saturated carbocycles. The summed E-state index contributed by atoms with van der Waals surface area (Å²) in [6.07, 6.45) is 2.53. The molecule has 1 N–H and O–H groups in total. The van der Waals surface area contributed by atoms with Crippen molar-refractivity contribution in [2.24, 2.45) is 0 Å². The van der Waals surface area contributed by atoms with Crippen molar-refractivity contribution in [3.8, 4) is 5.75 Å². The predicted octanol–water partition coefficient (Wildman–Crippen LogP) is 5.61. The van der Waals surface area contributed by atoms with Crippen LogP contribution in [0, 0.1) is 13.8 Å². The molecule has 2 aromatic rings. The van der Waals surface area contributed by atoms with Gasteiger partial charge in [0.1, 0.15) is 5.75 Å². The van der Waals surface area contributed by atoms with Crippen molar-refractivity contribution in [3.63, 3.8) is 0 Å². The zero-order chi connectivity index (χ0) is 18.7. The molecule has 0 spiro atoms. The SMILES string of the molecule is CCOc1ccc(Cc2cc(C3CC(O)CC(C)S3)c(C)cc2C)cc1. The molecule has 1 aliphatic heterocycles. The summed E-state index contributed by atoms with van der Waals surface area (Å²) < 4.78 is 5.54. The van der Waals surface area contributed by atoms with Gasteiger partial charge in [-0.05, 0) is 80.0 Å². The van der Waals surface area contributed by atoms with Crippen molar-refractivity contribution in [2.45, 2.75) is 63.6 Å². The minimum absolute atomic E-state index is 0.175. The topological polar surface area (TPSA) is 29.5 Å². The fraction of sp³-hybridized carbons (Fsp3) is 0.478. The summed E-state index contributed by atoms with van der Waals surface area (Å²) in [6.45, 7) is 9.33. The van der Waals surface area contributed by atoms with E-state index in [0.29, 0.717) is 17.1 Å². The summed E-state index contributed by atoms with van der Waals surface area (Å²) in [5, 5.41) is 11.1. The average molecular weight is 371 g/mol. The third-order valence-electron chi connectivity index (χ3n) is 5.19. The van der Waals surface area contributed by atoms with E-state index >= 15 is 0 Å². The number of hydrogen-bond acceptors (Lipinski definition) is 3. The van der Waals surface area contributed by atoms with E-state index in [2.05, 4.69) is 57.2 Å². The largest absolute Gasteiger partial charge is 0.494 e. The van der Waals surface area contributed by atoms with E-state index in [1.165, 1.54) is 27.8 Å². The maximum atomic E-state index is 10.2. The molecule has 0 aromatic heterocycles. The second kappa shape index (κ2) is 8.49. The minimum atomic E-state index is -0.175. The van der Waals surface area contributed by atoms with Crippen LogP contribution >= 0.6 is 11.8 Å². The number of aryl methyl sites for hydroxylation is 2. The van der Waals surface area contributed by atoms with Gasteiger partial charge in [0.25, 0.3) is 0 Å². The first-order valence-electron chi connectivity index (χ1n) is 9.61. The first kappa shape index (κ1) is 19.3. The van der Waals surface area contributed by atoms with Crippen LogP contribution in [-0.4, -0.2) is 23.1 Å². The van der Waals surface area contributed by atoms with Crippen molar-refractivity contribution in [1.82, 2.24) is 0 Å². The quantitative estimate of drug-likeness (QED) is 0.742.